The van der Waals surface area contributed by atoms with Gasteiger partial charge in [-0.05, 0) is 0 Å². The summed E-state index contributed by atoms with van der Waals surface area (Å²) in [6.07, 6.45) is 7.75. The maximum atomic E-state index is 3.72. The first-order valence-electron chi connectivity index (χ1n) is 9.54. The average molecular weight is 460 g/mol. The normalized spacial score (nSPS) is 8.81. The van der Waals surface area contributed by atoms with Crippen LogP contribution >= 0.6 is 0 Å². The van der Waals surface area contributed by atoms with Crippen LogP contribution in [0.4, 0.5) is 0 Å². The van der Waals surface area contributed by atoms with Crippen LogP contribution in [0.2, 0.25) is 0 Å². The van der Waals surface area contributed by atoms with Gasteiger partial charge in [-0.1, -0.05) is 58.4 Å². The summed E-state index contributed by atoms with van der Waals surface area (Å²) in [7, 11) is 0. The fourth-order valence-corrected chi connectivity index (χ4v) is 2.40. The van der Waals surface area contributed by atoms with E-state index < -0.39 is 0 Å². The number of rotatable bonds is 6. The van der Waals surface area contributed by atoms with Crippen molar-refractivity contribution >= 4 is 0 Å². The van der Waals surface area contributed by atoms with Crippen molar-refractivity contribution in [3.63, 3.8) is 0 Å². The molecule has 3 aromatic rings. The summed E-state index contributed by atoms with van der Waals surface area (Å²) >= 11 is 0. The third-order valence-electron chi connectivity index (χ3n) is 3.94. The Morgan fingerprint density at radius 1 is 0.667 bits per heavy atom. The van der Waals surface area contributed by atoms with Gasteiger partial charge in [-0.3, -0.25) is 0 Å². The van der Waals surface area contributed by atoms with Gasteiger partial charge in [-0.2, -0.15) is 60.0 Å². The molecular formula is C25H33ClZr. The second kappa shape index (κ2) is 19.7. The Balaban J connectivity index is 0. The summed E-state index contributed by atoms with van der Waals surface area (Å²) in [6, 6.07) is 27.0. The molecule has 0 heterocycles. The summed E-state index contributed by atoms with van der Waals surface area (Å²) < 4.78 is 0. The molecular weight excluding hydrogens is 427 g/mol. The number of hydrogen-bond acceptors (Lipinski definition) is 0. The fourth-order valence-electron chi connectivity index (χ4n) is 2.40. The minimum absolute atomic E-state index is 0. The summed E-state index contributed by atoms with van der Waals surface area (Å²) in [6.45, 7) is 8.17. The fraction of sp³-hybridized carbons (Fsp3) is 0.320. The Bertz CT molecular complexity index is 559. The van der Waals surface area contributed by atoms with Gasteiger partial charge in [-0.15, -0.1) is 12.1 Å². The molecule has 0 radical (unpaired) electrons. The van der Waals surface area contributed by atoms with Gasteiger partial charge in [0.05, 0.1) is 0 Å². The van der Waals surface area contributed by atoms with E-state index in [2.05, 4.69) is 69.3 Å². The Morgan fingerprint density at radius 3 is 1.30 bits per heavy atom. The Kier molecular flexibility index (Phi) is 20.6. The van der Waals surface area contributed by atoms with E-state index in [4.69, 9.17) is 0 Å². The zero-order valence-electron chi connectivity index (χ0n) is 16.8. The first kappa shape index (κ1) is 28.2. The third kappa shape index (κ3) is 15.7. The predicted octanol–water partition coefficient (Wildman–Crippen LogP) is 4.37. The van der Waals surface area contributed by atoms with Crippen LogP contribution < -0.4 is 12.4 Å². The summed E-state index contributed by atoms with van der Waals surface area (Å²) in [5.41, 5.74) is 4.04. The quantitative estimate of drug-likeness (QED) is 0.480. The van der Waals surface area contributed by atoms with Crippen molar-refractivity contribution < 1.29 is 38.6 Å². The van der Waals surface area contributed by atoms with Crippen molar-refractivity contribution in [1.29, 1.82) is 0 Å². The maximum Gasteiger partial charge on any atom is 4.00 e. The van der Waals surface area contributed by atoms with Crippen molar-refractivity contribution in [1.82, 2.24) is 0 Å². The first-order chi connectivity index (χ1) is 12.3. The molecule has 0 aliphatic rings. The molecule has 0 bridgehead atoms. The summed E-state index contributed by atoms with van der Waals surface area (Å²) in [5, 5.41) is 0. The van der Waals surface area contributed by atoms with Crippen LogP contribution in [0.3, 0.4) is 0 Å². The minimum atomic E-state index is 0. The number of hydrogen-bond donors (Lipinski definition) is 0. The van der Waals surface area contributed by atoms with E-state index in [0.717, 1.165) is 5.56 Å². The van der Waals surface area contributed by atoms with E-state index in [1.165, 1.54) is 49.7 Å². The van der Waals surface area contributed by atoms with Gasteiger partial charge in [0.1, 0.15) is 0 Å². The van der Waals surface area contributed by atoms with E-state index in [0.29, 0.717) is 0 Å². The molecule has 0 fully saturated rings. The molecule has 0 spiro atoms. The van der Waals surface area contributed by atoms with E-state index in [1.807, 2.05) is 30.3 Å². The van der Waals surface area contributed by atoms with Crippen molar-refractivity contribution in [2.45, 2.75) is 52.4 Å². The number of aryl methyl sites for hydroxylation is 2. The zero-order valence-corrected chi connectivity index (χ0v) is 20.0. The summed E-state index contributed by atoms with van der Waals surface area (Å²) in [5.74, 6) is 0. The molecule has 0 amide bonds. The van der Waals surface area contributed by atoms with Gasteiger partial charge in [0.2, 0.25) is 0 Å². The third-order valence-corrected chi connectivity index (χ3v) is 3.94. The van der Waals surface area contributed by atoms with Gasteiger partial charge >= 0.3 is 26.2 Å². The molecule has 0 unspecified atom stereocenters. The van der Waals surface area contributed by atoms with Crippen molar-refractivity contribution in [3.05, 3.63) is 102 Å². The van der Waals surface area contributed by atoms with Crippen LogP contribution in [0.15, 0.2) is 78.9 Å². The topological polar surface area (TPSA) is 0 Å². The summed E-state index contributed by atoms with van der Waals surface area (Å²) in [4.78, 5) is 0. The van der Waals surface area contributed by atoms with Gasteiger partial charge in [0.25, 0.3) is 0 Å². The predicted molar refractivity (Wildman–Crippen MR) is 112 cm³/mol. The van der Waals surface area contributed by atoms with Crippen LogP contribution in [-0.2, 0) is 39.0 Å². The molecule has 144 valence electrons. The van der Waals surface area contributed by atoms with Crippen LogP contribution in [-0.4, -0.2) is 0 Å². The van der Waals surface area contributed by atoms with E-state index >= 15 is 0 Å². The molecule has 2 heteroatoms. The van der Waals surface area contributed by atoms with E-state index in [1.54, 1.807) is 0 Å². The number of halogens is 1. The molecule has 0 aliphatic carbocycles. The number of unbranched alkanes of at least 4 members (excludes halogenated alkanes) is 2. The molecule has 0 N–H and O–H groups in total. The second-order valence-electron chi connectivity index (χ2n) is 6.28. The van der Waals surface area contributed by atoms with Crippen LogP contribution in [0.25, 0.3) is 0 Å². The largest absolute Gasteiger partial charge is 4.00 e. The van der Waals surface area contributed by atoms with Crippen molar-refractivity contribution in [2.75, 3.05) is 0 Å². The molecule has 0 atom stereocenters. The average Bonchev–Trinajstić information content (AvgIpc) is 3.34. The molecule has 0 aliphatic heterocycles. The maximum absolute atomic E-state index is 3.72. The second-order valence-corrected chi connectivity index (χ2v) is 6.28. The molecule has 0 saturated heterocycles. The van der Waals surface area contributed by atoms with Crippen LogP contribution in [0.5, 0.6) is 0 Å². The monoisotopic (exact) mass is 458 g/mol. The number of benzene rings is 1. The molecule has 0 saturated carbocycles. The van der Waals surface area contributed by atoms with Crippen LogP contribution in [0.1, 0.15) is 56.2 Å². The molecule has 0 aromatic heterocycles. The van der Waals surface area contributed by atoms with Gasteiger partial charge < -0.3 is 12.4 Å². The van der Waals surface area contributed by atoms with Gasteiger partial charge in [0, 0.05) is 0 Å². The van der Waals surface area contributed by atoms with Gasteiger partial charge in [0.15, 0.2) is 0 Å². The van der Waals surface area contributed by atoms with Crippen LogP contribution in [0, 0.1) is 6.92 Å². The Morgan fingerprint density at radius 2 is 1.04 bits per heavy atom. The molecule has 3 rings (SSSR count). The Hall–Kier alpha value is -1.04. The molecule has 0 nitrogen and oxygen atoms in total. The Labute approximate surface area is 192 Å². The first-order valence-corrected chi connectivity index (χ1v) is 9.54. The smallest absolute Gasteiger partial charge is 1.00 e. The van der Waals surface area contributed by atoms with E-state index in [-0.39, 0.29) is 38.6 Å². The SMILES string of the molecule is CCCC[c-]1cccc1.CCCC[c-]1cccc1.[CH2-]c1ccccc1.[Cl-].[Zr+4]. The van der Waals surface area contributed by atoms with Crippen molar-refractivity contribution in [2.24, 2.45) is 0 Å². The van der Waals surface area contributed by atoms with Crippen molar-refractivity contribution in [3.8, 4) is 0 Å². The molecule has 3 aromatic carbocycles. The van der Waals surface area contributed by atoms with Gasteiger partial charge in [-0.25, -0.2) is 24.3 Å². The minimum Gasteiger partial charge on any atom is -1.00 e. The zero-order chi connectivity index (χ0) is 18.2. The van der Waals surface area contributed by atoms with E-state index in [9.17, 15) is 0 Å². The molecule has 27 heavy (non-hydrogen) atoms. The standard InChI is InChI=1S/2C9H13.C7H7.ClH.Zr/c2*1-2-3-6-9-7-4-5-8-9;1-7-5-3-2-4-6-7;;/h2*4-5,7-8H,2-3,6H2,1H3;2-6H,1H2;1H;/q3*-1;;+4/p-1.